The number of nitrogens with two attached hydrogens (primary N) is 1. The van der Waals surface area contributed by atoms with Gasteiger partial charge in [0.15, 0.2) is 0 Å². The van der Waals surface area contributed by atoms with E-state index in [2.05, 4.69) is 19.1 Å². The van der Waals surface area contributed by atoms with E-state index in [0.29, 0.717) is 6.04 Å². The van der Waals surface area contributed by atoms with Crippen molar-refractivity contribution in [2.24, 2.45) is 11.7 Å². The SMILES string of the molecule is CC1CCc2c(ccc3c2CCC(N)C3)C1. The maximum atomic E-state index is 6.05. The molecular formula is C15H21N. The highest BCUT2D eigenvalue weighted by Gasteiger charge is 2.23. The van der Waals surface area contributed by atoms with Crippen molar-refractivity contribution in [1.29, 1.82) is 0 Å². The van der Waals surface area contributed by atoms with E-state index in [4.69, 9.17) is 5.73 Å². The molecule has 0 fully saturated rings. The molecule has 16 heavy (non-hydrogen) atoms. The van der Waals surface area contributed by atoms with E-state index in [1.54, 1.807) is 16.7 Å². The molecule has 1 aromatic carbocycles. The molecule has 2 N–H and O–H groups in total. The van der Waals surface area contributed by atoms with Crippen LogP contribution in [0.1, 0.15) is 42.0 Å². The number of rotatable bonds is 0. The van der Waals surface area contributed by atoms with E-state index in [1.165, 1.54) is 37.7 Å². The Hall–Kier alpha value is -0.820. The molecule has 2 atom stereocenters. The molecule has 2 aliphatic rings. The first-order chi connectivity index (χ1) is 7.74. The second-order valence-corrected chi connectivity index (χ2v) is 5.69. The topological polar surface area (TPSA) is 26.0 Å². The zero-order valence-electron chi connectivity index (χ0n) is 10.1. The van der Waals surface area contributed by atoms with Crippen molar-refractivity contribution in [2.75, 3.05) is 0 Å². The number of fused-ring (bicyclic) bond motifs is 3. The fourth-order valence-corrected chi connectivity index (χ4v) is 3.38. The molecule has 0 amide bonds. The summed E-state index contributed by atoms with van der Waals surface area (Å²) in [7, 11) is 0. The van der Waals surface area contributed by atoms with Crippen molar-refractivity contribution in [3.05, 3.63) is 34.4 Å². The van der Waals surface area contributed by atoms with Gasteiger partial charge in [-0.15, -0.1) is 0 Å². The zero-order valence-corrected chi connectivity index (χ0v) is 10.1. The average Bonchev–Trinajstić information content (AvgIpc) is 2.28. The highest BCUT2D eigenvalue weighted by atomic mass is 14.6. The Kier molecular flexibility index (Phi) is 2.51. The van der Waals surface area contributed by atoms with Crippen molar-refractivity contribution < 1.29 is 0 Å². The largest absolute Gasteiger partial charge is 0.327 e. The third-order valence-corrected chi connectivity index (χ3v) is 4.33. The number of hydrogen-bond acceptors (Lipinski definition) is 1. The van der Waals surface area contributed by atoms with Crippen LogP contribution in [0, 0.1) is 5.92 Å². The van der Waals surface area contributed by atoms with Crippen molar-refractivity contribution in [3.63, 3.8) is 0 Å². The van der Waals surface area contributed by atoms with Crippen LogP contribution in [-0.2, 0) is 25.7 Å². The van der Waals surface area contributed by atoms with Crippen LogP contribution < -0.4 is 5.73 Å². The summed E-state index contributed by atoms with van der Waals surface area (Å²) in [6, 6.07) is 5.10. The van der Waals surface area contributed by atoms with Gasteiger partial charge in [0.2, 0.25) is 0 Å². The van der Waals surface area contributed by atoms with Crippen LogP contribution in [0.5, 0.6) is 0 Å². The van der Waals surface area contributed by atoms with Gasteiger partial charge in [-0.25, -0.2) is 0 Å². The van der Waals surface area contributed by atoms with E-state index < -0.39 is 0 Å². The van der Waals surface area contributed by atoms with Crippen LogP contribution in [0.4, 0.5) is 0 Å². The lowest BCUT2D eigenvalue weighted by molar-refractivity contribution is 0.492. The van der Waals surface area contributed by atoms with E-state index >= 15 is 0 Å². The van der Waals surface area contributed by atoms with E-state index in [-0.39, 0.29) is 0 Å². The van der Waals surface area contributed by atoms with Gasteiger partial charge in [-0.3, -0.25) is 0 Å². The highest BCUT2D eigenvalue weighted by Crippen LogP contribution is 2.33. The van der Waals surface area contributed by atoms with Gasteiger partial charge in [0.25, 0.3) is 0 Å². The maximum absolute atomic E-state index is 6.05. The summed E-state index contributed by atoms with van der Waals surface area (Å²) in [6.07, 6.45) is 7.45. The van der Waals surface area contributed by atoms with Crippen LogP contribution in [0.2, 0.25) is 0 Å². The molecule has 1 aromatic rings. The van der Waals surface area contributed by atoms with Gasteiger partial charge in [0.05, 0.1) is 0 Å². The monoisotopic (exact) mass is 215 g/mol. The Balaban J connectivity index is 2.03. The molecule has 0 radical (unpaired) electrons. The molecule has 0 saturated heterocycles. The normalized spacial score (nSPS) is 28.4. The average molecular weight is 215 g/mol. The molecule has 0 heterocycles. The molecule has 3 rings (SSSR count). The van der Waals surface area contributed by atoms with Crippen molar-refractivity contribution >= 4 is 0 Å². The van der Waals surface area contributed by atoms with Crippen molar-refractivity contribution in [3.8, 4) is 0 Å². The molecule has 0 bridgehead atoms. The molecule has 86 valence electrons. The summed E-state index contributed by atoms with van der Waals surface area (Å²) < 4.78 is 0. The minimum absolute atomic E-state index is 0.396. The Bertz CT molecular complexity index is 369. The Labute approximate surface area is 98.0 Å². The minimum Gasteiger partial charge on any atom is -0.327 e. The summed E-state index contributed by atoms with van der Waals surface area (Å²) in [4.78, 5) is 0. The first kappa shape index (κ1) is 10.3. The first-order valence-corrected chi connectivity index (χ1v) is 6.62. The predicted octanol–water partition coefficient (Wildman–Crippen LogP) is 2.63. The second kappa shape index (κ2) is 3.89. The minimum atomic E-state index is 0.396. The van der Waals surface area contributed by atoms with Crippen LogP contribution in [0.3, 0.4) is 0 Å². The molecule has 0 aliphatic heterocycles. The Morgan fingerprint density at radius 2 is 1.62 bits per heavy atom. The quantitative estimate of drug-likeness (QED) is 0.707. The van der Waals surface area contributed by atoms with E-state index in [0.717, 1.165) is 12.3 Å². The zero-order chi connectivity index (χ0) is 11.1. The van der Waals surface area contributed by atoms with Crippen molar-refractivity contribution in [1.82, 2.24) is 0 Å². The van der Waals surface area contributed by atoms with E-state index in [9.17, 15) is 0 Å². The Morgan fingerprint density at radius 3 is 2.38 bits per heavy atom. The lowest BCUT2D eigenvalue weighted by Gasteiger charge is -2.29. The molecule has 2 aliphatic carbocycles. The van der Waals surface area contributed by atoms with Gasteiger partial charge in [0, 0.05) is 6.04 Å². The molecule has 2 unspecified atom stereocenters. The smallest absolute Gasteiger partial charge is 0.00825 e. The molecule has 0 saturated carbocycles. The van der Waals surface area contributed by atoms with E-state index in [1.807, 2.05) is 0 Å². The number of hydrogen-bond donors (Lipinski definition) is 1. The third kappa shape index (κ3) is 1.67. The summed E-state index contributed by atoms with van der Waals surface area (Å²) in [5, 5.41) is 0. The van der Waals surface area contributed by atoms with Gasteiger partial charge < -0.3 is 5.73 Å². The predicted molar refractivity (Wildman–Crippen MR) is 67.6 cm³/mol. The van der Waals surface area contributed by atoms with Gasteiger partial charge in [-0.1, -0.05) is 19.1 Å². The fraction of sp³-hybridized carbons (Fsp3) is 0.600. The molecule has 0 spiro atoms. The van der Waals surface area contributed by atoms with Crippen LogP contribution >= 0.6 is 0 Å². The van der Waals surface area contributed by atoms with Gasteiger partial charge in [0.1, 0.15) is 0 Å². The van der Waals surface area contributed by atoms with Gasteiger partial charge in [-0.05, 0) is 66.7 Å². The van der Waals surface area contributed by atoms with Crippen LogP contribution in [0.15, 0.2) is 12.1 Å². The first-order valence-electron chi connectivity index (χ1n) is 6.62. The summed E-state index contributed by atoms with van der Waals surface area (Å²) in [6.45, 7) is 2.37. The summed E-state index contributed by atoms with van der Waals surface area (Å²) in [5.41, 5.74) is 12.5. The highest BCUT2D eigenvalue weighted by molar-refractivity contribution is 5.44. The molecular weight excluding hydrogens is 194 g/mol. The standard InChI is InChI=1S/C15H21N/c1-10-2-6-14-11(8-10)3-4-12-9-13(16)5-7-15(12)14/h3-4,10,13H,2,5-9,16H2,1H3. The van der Waals surface area contributed by atoms with Gasteiger partial charge >= 0.3 is 0 Å². The molecule has 0 aromatic heterocycles. The van der Waals surface area contributed by atoms with Gasteiger partial charge in [-0.2, -0.15) is 0 Å². The maximum Gasteiger partial charge on any atom is 0.00825 e. The van der Waals surface area contributed by atoms with Crippen molar-refractivity contribution in [2.45, 2.75) is 51.5 Å². The Morgan fingerprint density at radius 1 is 1.00 bits per heavy atom. The van der Waals surface area contributed by atoms with Crippen LogP contribution in [0.25, 0.3) is 0 Å². The van der Waals surface area contributed by atoms with Crippen LogP contribution in [-0.4, -0.2) is 6.04 Å². The molecule has 1 nitrogen and oxygen atoms in total. The second-order valence-electron chi connectivity index (χ2n) is 5.69. The lowest BCUT2D eigenvalue weighted by atomic mass is 9.77. The lowest BCUT2D eigenvalue weighted by Crippen LogP contribution is -2.29. The summed E-state index contributed by atoms with van der Waals surface area (Å²) in [5.74, 6) is 0.872. The number of benzene rings is 1. The fourth-order valence-electron chi connectivity index (χ4n) is 3.38. The third-order valence-electron chi connectivity index (χ3n) is 4.33. The molecule has 1 heteroatoms. The summed E-state index contributed by atoms with van der Waals surface area (Å²) >= 11 is 0.